The number of hydrogen-bond acceptors (Lipinski definition) is 5. The van der Waals surface area contributed by atoms with Crippen molar-refractivity contribution < 1.29 is 23.9 Å². The van der Waals surface area contributed by atoms with Crippen LogP contribution in [0.4, 0.5) is 4.79 Å². The highest BCUT2D eigenvalue weighted by Crippen LogP contribution is 2.15. The highest BCUT2D eigenvalue weighted by molar-refractivity contribution is 5.90. The van der Waals surface area contributed by atoms with Gasteiger partial charge in [0.1, 0.15) is 12.1 Å². The summed E-state index contributed by atoms with van der Waals surface area (Å²) in [4.78, 5) is 36.4. The number of rotatable bonds is 4. The van der Waals surface area contributed by atoms with Gasteiger partial charge in [0.15, 0.2) is 0 Å². The van der Waals surface area contributed by atoms with Gasteiger partial charge < -0.3 is 19.7 Å². The van der Waals surface area contributed by atoms with Crippen LogP contribution in [0.2, 0.25) is 0 Å². The molecule has 1 rings (SSSR count). The van der Waals surface area contributed by atoms with Crippen LogP contribution in [0.1, 0.15) is 26.7 Å². The van der Waals surface area contributed by atoms with Crippen molar-refractivity contribution in [3.63, 3.8) is 0 Å². The standard InChI is InChI=1S/C12H20N2O5/c1-4-19-11(16)8(2)14-7-5-6-9(10(14)15)13-12(17)18-3/h8-9H,4-7H2,1-3H3,(H,13,17). The number of carbonyl (C=O) groups is 3. The number of hydrogen-bond donors (Lipinski definition) is 1. The molecule has 7 heteroatoms. The van der Waals surface area contributed by atoms with E-state index in [1.165, 1.54) is 12.0 Å². The van der Waals surface area contributed by atoms with Gasteiger partial charge in [0.05, 0.1) is 13.7 Å². The number of ether oxygens (including phenoxy) is 2. The molecule has 1 fully saturated rings. The second kappa shape index (κ2) is 6.96. The molecule has 0 aromatic carbocycles. The largest absolute Gasteiger partial charge is 0.464 e. The fourth-order valence-electron chi connectivity index (χ4n) is 2.01. The van der Waals surface area contributed by atoms with E-state index >= 15 is 0 Å². The molecule has 0 aliphatic carbocycles. The summed E-state index contributed by atoms with van der Waals surface area (Å²) in [7, 11) is 1.24. The van der Waals surface area contributed by atoms with Crippen molar-refractivity contribution in [2.75, 3.05) is 20.3 Å². The Morgan fingerprint density at radius 2 is 2.21 bits per heavy atom. The maximum absolute atomic E-state index is 12.2. The Labute approximate surface area is 112 Å². The number of nitrogens with zero attached hydrogens (tertiary/aromatic N) is 1. The van der Waals surface area contributed by atoms with Gasteiger partial charge in [-0.3, -0.25) is 4.79 Å². The number of piperidine rings is 1. The lowest BCUT2D eigenvalue weighted by atomic mass is 10.0. The quantitative estimate of drug-likeness (QED) is 0.743. The van der Waals surface area contributed by atoms with Gasteiger partial charge in [-0.25, -0.2) is 9.59 Å². The van der Waals surface area contributed by atoms with Gasteiger partial charge in [-0.1, -0.05) is 0 Å². The van der Waals surface area contributed by atoms with Crippen LogP contribution >= 0.6 is 0 Å². The zero-order valence-corrected chi connectivity index (χ0v) is 11.5. The molecule has 2 atom stereocenters. The fraction of sp³-hybridized carbons (Fsp3) is 0.750. The highest BCUT2D eigenvalue weighted by Gasteiger charge is 2.35. The Bertz CT molecular complexity index is 358. The van der Waals surface area contributed by atoms with Gasteiger partial charge in [-0.2, -0.15) is 0 Å². The van der Waals surface area contributed by atoms with Crippen molar-refractivity contribution in [3.05, 3.63) is 0 Å². The first-order chi connectivity index (χ1) is 9.01. The predicted molar refractivity (Wildman–Crippen MR) is 66.4 cm³/mol. The van der Waals surface area contributed by atoms with Gasteiger partial charge >= 0.3 is 12.1 Å². The minimum Gasteiger partial charge on any atom is -0.464 e. The van der Waals surface area contributed by atoms with Crippen LogP contribution in [0.15, 0.2) is 0 Å². The minimum absolute atomic E-state index is 0.273. The lowest BCUT2D eigenvalue weighted by molar-refractivity contribution is -0.156. The maximum atomic E-state index is 12.2. The minimum atomic E-state index is -0.649. The van der Waals surface area contributed by atoms with Gasteiger partial charge in [-0.05, 0) is 26.7 Å². The molecule has 19 heavy (non-hydrogen) atoms. The van der Waals surface area contributed by atoms with Crippen LogP contribution in [0, 0.1) is 0 Å². The summed E-state index contributed by atoms with van der Waals surface area (Å²) >= 11 is 0. The highest BCUT2D eigenvalue weighted by atomic mass is 16.5. The third kappa shape index (κ3) is 3.84. The SMILES string of the molecule is CCOC(=O)C(C)N1CCCC(NC(=O)OC)C1=O. The summed E-state index contributed by atoms with van der Waals surface area (Å²) in [5.74, 6) is -0.716. The molecule has 0 spiro atoms. The Kier molecular flexibility index (Phi) is 5.59. The smallest absolute Gasteiger partial charge is 0.407 e. The first kappa shape index (κ1) is 15.3. The maximum Gasteiger partial charge on any atom is 0.407 e. The number of likely N-dealkylation sites (tertiary alicyclic amines) is 1. The van der Waals surface area contributed by atoms with E-state index in [2.05, 4.69) is 10.1 Å². The average molecular weight is 272 g/mol. The predicted octanol–water partition coefficient (Wildman–Crippen LogP) is 0.285. The summed E-state index contributed by atoms with van der Waals surface area (Å²) in [5, 5.41) is 2.47. The summed E-state index contributed by atoms with van der Waals surface area (Å²) < 4.78 is 9.37. The summed E-state index contributed by atoms with van der Waals surface area (Å²) in [6.45, 7) is 4.09. The van der Waals surface area contributed by atoms with Crippen LogP contribution in [0.25, 0.3) is 0 Å². The Morgan fingerprint density at radius 3 is 2.79 bits per heavy atom. The topological polar surface area (TPSA) is 84.9 Å². The van der Waals surface area contributed by atoms with E-state index < -0.39 is 24.1 Å². The molecule has 0 saturated carbocycles. The van der Waals surface area contributed by atoms with E-state index in [-0.39, 0.29) is 12.5 Å². The van der Waals surface area contributed by atoms with E-state index in [1.54, 1.807) is 13.8 Å². The van der Waals surface area contributed by atoms with Crippen LogP contribution in [0.3, 0.4) is 0 Å². The van der Waals surface area contributed by atoms with Crippen LogP contribution in [-0.2, 0) is 19.1 Å². The average Bonchev–Trinajstić information content (AvgIpc) is 2.40. The Hall–Kier alpha value is -1.79. The molecule has 1 aliphatic heterocycles. The molecule has 108 valence electrons. The van der Waals surface area contributed by atoms with E-state index in [9.17, 15) is 14.4 Å². The zero-order chi connectivity index (χ0) is 14.4. The van der Waals surface area contributed by atoms with E-state index in [4.69, 9.17) is 4.74 Å². The molecular formula is C12H20N2O5. The summed E-state index contributed by atoms with van der Waals surface area (Å²) in [5.41, 5.74) is 0. The third-order valence-corrected chi connectivity index (χ3v) is 3.05. The second-order valence-corrected chi connectivity index (χ2v) is 4.29. The molecule has 2 unspecified atom stereocenters. The molecule has 2 amide bonds. The van der Waals surface area contributed by atoms with Gasteiger partial charge in [0, 0.05) is 6.54 Å². The molecule has 0 radical (unpaired) electrons. The number of alkyl carbamates (subject to hydrolysis) is 1. The van der Waals surface area contributed by atoms with Crippen molar-refractivity contribution in [3.8, 4) is 0 Å². The first-order valence-corrected chi connectivity index (χ1v) is 6.32. The molecule has 1 aliphatic rings. The molecular weight excluding hydrogens is 252 g/mol. The molecule has 0 aromatic rings. The van der Waals surface area contributed by atoms with Crippen molar-refractivity contribution in [2.24, 2.45) is 0 Å². The summed E-state index contributed by atoms with van der Waals surface area (Å²) in [6.07, 6.45) is 0.605. The normalized spacial score (nSPS) is 20.7. The molecule has 0 aromatic heterocycles. The first-order valence-electron chi connectivity index (χ1n) is 6.32. The number of esters is 1. The number of nitrogens with one attached hydrogen (secondary N) is 1. The van der Waals surface area contributed by atoms with E-state index in [0.717, 1.165) is 0 Å². The van der Waals surface area contributed by atoms with Crippen LogP contribution < -0.4 is 5.32 Å². The van der Waals surface area contributed by atoms with Crippen LogP contribution in [0.5, 0.6) is 0 Å². The lowest BCUT2D eigenvalue weighted by Crippen LogP contribution is -2.56. The fourth-order valence-corrected chi connectivity index (χ4v) is 2.01. The molecule has 1 heterocycles. The number of amides is 2. The van der Waals surface area contributed by atoms with Crippen molar-refractivity contribution in [1.82, 2.24) is 10.2 Å². The van der Waals surface area contributed by atoms with Gasteiger partial charge in [-0.15, -0.1) is 0 Å². The second-order valence-electron chi connectivity index (χ2n) is 4.29. The van der Waals surface area contributed by atoms with Crippen molar-refractivity contribution in [1.29, 1.82) is 0 Å². The molecule has 0 bridgehead atoms. The molecule has 1 saturated heterocycles. The lowest BCUT2D eigenvalue weighted by Gasteiger charge is -2.35. The number of carbonyl (C=O) groups excluding carboxylic acids is 3. The molecule has 7 nitrogen and oxygen atoms in total. The van der Waals surface area contributed by atoms with E-state index in [0.29, 0.717) is 19.4 Å². The van der Waals surface area contributed by atoms with Crippen molar-refractivity contribution >= 4 is 18.0 Å². The van der Waals surface area contributed by atoms with Crippen LogP contribution in [-0.4, -0.2) is 55.2 Å². The summed E-state index contributed by atoms with van der Waals surface area (Å²) in [6, 6.07) is -1.28. The molecule has 1 N–H and O–H groups in total. The van der Waals surface area contributed by atoms with Crippen molar-refractivity contribution in [2.45, 2.75) is 38.8 Å². The monoisotopic (exact) mass is 272 g/mol. The van der Waals surface area contributed by atoms with Gasteiger partial charge in [0.2, 0.25) is 5.91 Å². The third-order valence-electron chi connectivity index (χ3n) is 3.05. The van der Waals surface area contributed by atoms with Gasteiger partial charge in [0.25, 0.3) is 0 Å². The number of methoxy groups -OCH3 is 1. The Morgan fingerprint density at radius 1 is 1.53 bits per heavy atom. The van der Waals surface area contributed by atoms with E-state index in [1.807, 2.05) is 0 Å². The Balaban J connectivity index is 2.67. The zero-order valence-electron chi connectivity index (χ0n) is 11.5.